The number of nitriles is 1. The summed E-state index contributed by atoms with van der Waals surface area (Å²) < 4.78 is 6.11. The Hall–Kier alpha value is -2.13. The van der Waals surface area contributed by atoms with Gasteiger partial charge in [-0.15, -0.1) is 4.99 Å². The fourth-order valence-electron chi connectivity index (χ4n) is 2.04. The number of para-hydroxylation sites is 1. The van der Waals surface area contributed by atoms with Crippen LogP contribution in [0, 0.1) is 11.5 Å². The zero-order valence-electron chi connectivity index (χ0n) is 11.1. The molecule has 0 aliphatic rings. The van der Waals surface area contributed by atoms with Gasteiger partial charge in [0, 0.05) is 17.1 Å². The molecule has 4 nitrogen and oxygen atoms in total. The van der Waals surface area contributed by atoms with Crippen molar-refractivity contribution in [1.82, 2.24) is 8.94 Å². The van der Waals surface area contributed by atoms with E-state index in [1.807, 2.05) is 30.3 Å². The Morgan fingerprint density at radius 2 is 1.73 bits per heavy atom. The molecule has 0 atom stereocenters. The average molecular weight is 347 g/mol. The molecule has 0 spiro atoms. The van der Waals surface area contributed by atoms with Crippen LogP contribution in [-0.4, -0.2) is 8.94 Å². The monoisotopic (exact) mass is 346 g/mol. The van der Waals surface area contributed by atoms with Crippen molar-refractivity contribution in [3.05, 3.63) is 63.4 Å². The van der Waals surface area contributed by atoms with Crippen molar-refractivity contribution in [3.8, 4) is 23.3 Å². The normalized spacial score (nSPS) is 11.4. The molecule has 7 heteroatoms. The molecule has 0 aliphatic heterocycles. The van der Waals surface area contributed by atoms with Gasteiger partial charge in [0.15, 0.2) is 5.82 Å². The first-order chi connectivity index (χ1) is 10.7. The highest BCUT2D eigenvalue weighted by Gasteiger charge is 2.16. The highest BCUT2D eigenvalue weighted by Crippen LogP contribution is 2.31. The maximum absolute atomic E-state index is 8.89. The molecule has 1 aromatic heterocycles. The van der Waals surface area contributed by atoms with Gasteiger partial charge >= 0.3 is 0 Å². The van der Waals surface area contributed by atoms with E-state index in [4.69, 9.17) is 28.5 Å². The van der Waals surface area contributed by atoms with E-state index in [1.165, 1.54) is 0 Å². The molecule has 0 N–H and O–H groups in total. The third-order valence-electron chi connectivity index (χ3n) is 2.96. The minimum atomic E-state index is 0.413. The Bertz CT molecular complexity index is 902. The Morgan fingerprint density at radius 1 is 1.05 bits per heavy atom. The number of halogens is 2. The highest BCUT2D eigenvalue weighted by molar-refractivity contribution is 7.03. The summed E-state index contributed by atoms with van der Waals surface area (Å²) in [7, 11) is 0. The smallest absolute Gasteiger partial charge is 0.225 e. The SMILES string of the molecule is N#CN=c1snc(-c2ccccc2)n1-c1c(Cl)cccc1Cl. The lowest BCUT2D eigenvalue weighted by molar-refractivity contribution is 0.997. The van der Waals surface area contributed by atoms with E-state index in [0.717, 1.165) is 17.1 Å². The minimum absolute atomic E-state index is 0.413. The van der Waals surface area contributed by atoms with Crippen LogP contribution in [0.4, 0.5) is 0 Å². The van der Waals surface area contributed by atoms with Crippen molar-refractivity contribution >= 4 is 34.7 Å². The van der Waals surface area contributed by atoms with Crippen molar-refractivity contribution in [2.75, 3.05) is 0 Å². The number of rotatable bonds is 2. The molecule has 3 rings (SSSR count). The van der Waals surface area contributed by atoms with E-state index in [1.54, 1.807) is 29.0 Å². The van der Waals surface area contributed by atoms with Gasteiger partial charge in [-0.25, -0.2) is 0 Å². The lowest BCUT2D eigenvalue weighted by Gasteiger charge is -2.11. The van der Waals surface area contributed by atoms with Crippen LogP contribution in [0.3, 0.4) is 0 Å². The third-order valence-corrected chi connectivity index (χ3v) is 4.27. The van der Waals surface area contributed by atoms with Crippen LogP contribution in [0.1, 0.15) is 0 Å². The Kier molecular flexibility index (Phi) is 4.25. The van der Waals surface area contributed by atoms with Gasteiger partial charge in [0.1, 0.15) is 0 Å². The fraction of sp³-hybridized carbons (Fsp3) is 0. The summed E-state index contributed by atoms with van der Waals surface area (Å²) in [5.74, 6) is 0.634. The molecule has 2 aromatic carbocycles. The van der Waals surface area contributed by atoms with Crippen molar-refractivity contribution in [3.63, 3.8) is 0 Å². The molecule has 3 aromatic rings. The van der Waals surface area contributed by atoms with Crippen LogP contribution >= 0.6 is 34.7 Å². The van der Waals surface area contributed by atoms with Crippen molar-refractivity contribution < 1.29 is 0 Å². The summed E-state index contributed by atoms with van der Waals surface area (Å²) in [4.78, 5) is 4.23. The van der Waals surface area contributed by atoms with E-state index < -0.39 is 0 Å². The van der Waals surface area contributed by atoms with Gasteiger partial charge in [-0.3, -0.25) is 4.57 Å². The van der Waals surface area contributed by atoms with Crippen LogP contribution in [0.5, 0.6) is 0 Å². The lowest BCUT2D eigenvalue weighted by atomic mass is 10.2. The van der Waals surface area contributed by atoms with Gasteiger partial charge in [-0.2, -0.15) is 9.64 Å². The molecule has 0 bridgehead atoms. The second-order valence-corrected chi connectivity index (χ2v) is 5.82. The fourth-order valence-corrected chi connectivity index (χ4v) is 3.31. The summed E-state index contributed by atoms with van der Waals surface area (Å²) in [6.07, 6.45) is 1.79. The number of benzene rings is 2. The predicted molar refractivity (Wildman–Crippen MR) is 88.1 cm³/mol. The molecule has 22 heavy (non-hydrogen) atoms. The first-order valence-electron chi connectivity index (χ1n) is 6.23. The minimum Gasteiger partial charge on any atom is -0.264 e. The van der Waals surface area contributed by atoms with E-state index in [9.17, 15) is 0 Å². The van der Waals surface area contributed by atoms with Crippen LogP contribution in [0.25, 0.3) is 17.1 Å². The zero-order valence-corrected chi connectivity index (χ0v) is 13.4. The van der Waals surface area contributed by atoms with Crippen molar-refractivity contribution in [2.45, 2.75) is 0 Å². The molecule has 0 saturated carbocycles. The molecule has 0 aliphatic carbocycles. The van der Waals surface area contributed by atoms with Crippen molar-refractivity contribution in [2.24, 2.45) is 4.99 Å². The molecule has 108 valence electrons. The number of hydrogen-bond donors (Lipinski definition) is 0. The van der Waals surface area contributed by atoms with Crippen LogP contribution < -0.4 is 4.80 Å². The first kappa shape index (κ1) is 14.8. The van der Waals surface area contributed by atoms with Crippen LogP contribution in [0.15, 0.2) is 53.5 Å². The van der Waals surface area contributed by atoms with Gasteiger partial charge in [-0.1, -0.05) is 59.6 Å². The summed E-state index contributed by atoms with van der Waals surface area (Å²) in [6.45, 7) is 0. The molecule has 0 unspecified atom stereocenters. The zero-order chi connectivity index (χ0) is 15.5. The van der Waals surface area contributed by atoms with Gasteiger partial charge < -0.3 is 0 Å². The third kappa shape index (κ3) is 2.64. The molecule has 0 amide bonds. The molecule has 0 fully saturated rings. The average Bonchev–Trinajstić information content (AvgIpc) is 2.92. The first-order valence-corrected chi connectivity index (χ1v) is 7.76. The van der Waals surface area contributed by atoms with Gasteiger partial charge in [0.05, 0.1) is 15.7 Å². The quantitative estimate of drug-likeness (QED) is 0.650. The maximum atomic E-state index is 8.89. The van der Waals surface area contributed by atoms with E-state index in [-0.39, 0.29) is 0 Å². The number of nitrogens with zero attached hydrogens (tertiary/aromatic N) is 4. The second kappa shape index (κ2) is 6.32. The Labute approximate surface area is 140 Å². The number of hydrogen-bond acceptors (Lipinski definition) is 4. The summed E-state index contributed by atoms with van der Waals surface area (Å²) in [5, 5.41) is 9.82. The summed E-state index contributed by atoms with van der Waals surface area (Å²) in [6, 6.07) is 14.8. The Balaban J connectivity index is 2.38. The van der Waals surface area contributed by atoms with Gasteiger partial charge in [0.2, 0.25) is 11.0 Å². The second-order valence-electron chi connectivity index (χ2n) is 4.27. The van der Waals surface area contributed by atoms with Crippen LogP contribution in [0.2, 0.25) is 10.0 Å². The largest absolute Gasteiger partial charge is 0.264 e. The van der Waals surface area contributed by atoms with E-state index >= 15 is 0 Å². The van der Waals surface area contributed by atoms with Crippen LogP contribution in [-0.2, 0) is 0 Å². The molecular formula is C15H8Cl2N4S. The predicted octanol–water partition coefficient (Wildman–Crippen LogP) is 4.29. The topological polar surface area (TPSA) is 54.0 Å². The molecular weight excluding hydrogens is 339 g/mol. The summed E-state index contributed by atoms with van der Waals surface area (Å²) >= 11 is 13.7. The maximum Gasteiger partial charge on any atom is 0.225 e. The van der Waals surface area contributed by atoms with Crippen molar-refractivity contribution in [1.29, 1.82) is 5.26 Å². The van der Waals surface area contributed by atoms with Gasteiger partial charge in [-0.05, 0) is 12.1 Å². The lowest BCUT2D eigenvalue weighted by Crippen LogP contribution is -2.14. The molecule has 1 heterocycles. The summed E-state index contributed by atoms with van der Waals surface area (Å²) in [5.41, 5.74) is 1.45. The standard InChI is InChI=1S/C15H8Cl2N4S/c16-11-7-4-8-12(17)13(11)21-14(10-5-2-1-3-6-10)20-22-15(21)19-9-18/h1-8H. The molecule has 0 saturated heterocycles. The number of aromatic nitrogens is 2. The molecule has 0 radical (unpaired) electrons. The highest BCUT2D eigenvalue weighted by atomic mass is 35.5. The van der Waals surface area contributed by atoms with Gasteiger partial charge in [0.25, 0.3) is 0 Å². The van der Waals surface area contributed by atoms with E-state index in [0.29, 0.717) is 26.4 Å². The Morgan fingerprint density at radius 3 is 2.36 bits per heavy atom. The van der Waals surface area contributed by atoms with E-state index in [2.05, 4.69) is 9.37 Å².